The maximum Gasteiger partial charge on any atom is 0.0547 e. The fourth-order valence-electron chi connectivity index (χ4n) is 2.69. The van der Waals surface area contributed by atoms with E-state index in [1.807, 2.05) is 0 Å². The summed E-state index contributed by atoms with van der Waals surface area (Å²) >= 11 is 0. The lowest BCUT2D eigenvalue weighted by Gasteiger charge is -2.20. The fraction of sp³-hybridized carbons (Fsp3) is 0.706. The molecule has 1 aromatic rings. The van der Waals surface area contributed by atoms with Crippen molar-refractivity contribution in [3.8, 4) is 0 Å². The van der Waals surface area contributed by atoms with Crippen LogP contribution in [-0.2, 0) is 13.1 Å². The quantitative estimate of drug-likeness (QED) is 0.894. The van der Waals surface area contributed by atoms with E-state index >= 15 is 0 Å². The SMILES string of the molecule is CCC1CCN(Cc2cccc(CNC(C)(C)C)n2)C1. The zero-order valence-electron chi connectivity index (χ0n) is 13.4. The number of likely N-dealkylation sites (tertiary alicyclic amines) is 1. The van der Waals surface area contributed by atoms with Gasteiger partial charge in [0.1, 0.15) is 0 Å². The Morgan fingerprint density at radius 2 is 2.05 bits per heavy atom. The molecule has 20 heavy (non-hydrogen) atoms. The van der Waals surface area contributed by atoms with E-state index in [-0.39, 0.29) is 5.54 Å². The largest absolute Gasteiger partial charge is 0.306 e. The summed E-state index contributed by atoms with van der Waals surface area (Å²) in [5, 5.41) is 3.50. The molecule has 2 rings (SSSR count). The summed E-state index contributed by atoms with van der Waals surface area (Å²) in [6, 6.07) is 6.40. The second kappa shape index (κ2) is 6.68. The van der Waals surface area contributed by atoms with Gasteiger partial charge >= 0.3 is 0 Å². The van der Waals surface area contributed by atoms with Crippen LogP contribution in [0.5, 0.6) is 0 Å². The topological polar surface area (TPSA) is 28.2 Å². The molecule has 3 heteroatoms. The standard InChI is InChI=1S/C17H29N3/c1-5-14-9-10-20(12-14)13-16-8-6-7-15(19-16)11-18-17(2,3)4/h6-8,14,18H,5,9-13H2,1-4H3. The number of hydrogen-bond acceptors (Lipinski definition) is 3. The second-order valence-corrected chi connectivity index (χ2v) is 7.02. The molecule has 1 saturated heterocycles. The Morgan fingerprint density at radius 1 is 1.30 bits per heavy atom. The van der Waals surface area contributed by atoms with Gasteiger partial charge in [-0.25, -0.2) is 0 Å². The summed E-state index contributed by atoms with van der Waals surface area (Å²) in [5.74, 6) is 0.890. The molecular weight excluding hydrogens is 246 g/mol. The molecule has 1 unspecified atom stereocenters. The summed E-state index contributed by atoms with van der Waals surface area (Å²) in [4.78, 5) is 7.33. The van der Waals surface area contributed by atoms with Crippen LogP contribution in [0.3, 0.4) is 0 Å². The molecule has 0 aromatic carbocycles. The van der Waals surface area contributed by atoms with Crippen molar-refractivity contribution >= 4 is 0 Å². The van der Waals surface area contributed by atoms with Crippen LogP contribution in [0.15, 0.2) is 18.2 Å². The number of rotatable bonds is 5. The highest BCUT2D eigenvalue weighted by molar-refractivity contribution is 5.11. The summed E-state index contributed by atoms with van der Waals surface area (Å²) in [6.07, 6.45) is 2.65. The minimum Gasteiger partial charge on any atom is -0.306 e. The lowest BCUT2D eigenvalue weighted by molar-refractivity contribution is 0.311. The van der Waals surface area contributed by atoms with E-state index in [9.17, 15) is 0 Å². The van der Waals surface area contributed by atoms with Gasteiger partial charge in [-0.3, -0.25) is 9.88 Å². The highest BCUT2D eigenvalue weighted by atomic mass is 15.1. The van der Waals surface area contributed by atoms with Crippen molar-refractivity contribution in [2.24, 2.45) is 5.92 Å². The molecule has 1 aromatic heterocycles. The summed E-state index contributed by atoms with van der Waals surface area (Å²) in [7, 11) is 0. The first-order valence-electron chi connectivity index (χ1n) is 7.88. The molecule has 0 aliphatic carbocycles. The summed E-state index contributed by atoms with van der Waals surface area (Å²) in [6.45, 7) is 13.2. The molecule has 112 valence electrons. The van der Waals surface area contributed by atoms with Gasteiger partial charge < -0.3 is 5.32 Å². The number of aromatic nitrogens is 1. The van der Waals surface area contributed by atoms with E-state index in [1.165, 1.54) is 31.6 Å². The van der Waals surface area contributed by atoms with E-state index in [1.54, 1.807) is 0 Å². The molecular formula is C17H29N3. The average Bonchev–Trinajstić information content (AvgIpc) is 2.84. The molecule has 2 heterocycles. The van der Waals surface area contributed by atoms with E-state index < -0.39 is 0 Å². The minimum absolute atomic E-state index is 0.140. The van der Waals surface area contributed by atoms with Crippen molar-refractivity contribution in [1.82, 2.24) is 15.2 Å². The Hall–Kier alpha value is -0.930. The Bertz CT molecular complexity index is 422. The molecule has 1 N–H and O–H groups in total. The number of hydrogen-bond donors (Lipinski definition) is 1. The van der Waals surface area contributed by atoms with Gasteiger partial charge in [-0.05, 0) is 51.8 Å². The van der Waals surface area contributed by atoms with Crippen LogP contribution >= 0.6 is 0 Å². The maximum absolute atomic E-state index is 4.79. The number of pyridine rings is 1. The summed E-state index contributed by atoms with van der Waals surface area (Å²) < 4.78 is 0. The molecule has 1 aliphatic rings. The Morgan fingerprint density at radius 3 is 2.70 bits per heavy atom. The molecule has 0 saturated carbocycles. The Kier molecular flexibility index (Phi) is 5.17. The van der Waals surface area contributed by atoms with Gasteiger partial charge in [-0.1, -0.05) is 19.4 Å². The number of nitrogens with one attached hydrogen (secondary N) is 1. The van der Waals surface area contributed by atoms with Gasteiger partial charge in [0, 0.05) is 25.2 Å². The van der Waals surface area contributed by atoms with E-state index in [0.29, 0.717) is 0 Å². The molecule has 0 spiro atoms. The van der Waals surface area contributed by atoms with Crippen LogP contribution in [0.2, 0.25) is 0 Å². The van der Waals surface area contributed by atoms with E-state index in [4.69, 9.17) is 4.98 Å². The third kappa shape index (κ3) is 4.88. The molecule has 0 bridgehead atoms. The van der Waals surface area contributed by atoms with E-state index in [2.05, 4.69) is 56.1 Å². The predicted molar refractivity (Wildman–Crippen MR) is 84.5 cm³/mol. The van der Waals surface area contributed by atoms with Gasteiger partial charge in [-0.15, -0.1) is 0 Å². The van der Waals surface area contributed by atoms with Crippen molar-refractivity contribution in [3.63, 3.8) is 0 Å². The second-order valence-electron chi connectivity index (χ2n) is 7.02. The Balaban J connectivity index is 1.89. The predicted octanol–water partition coefficient (Wildman–Crippen LogP) is 3.20. The first-order valence-corrected chi connectivity index (χ1v) is 7.88. The molecule has 1 atom stereocenters. The lowest BCUT2D eigenvalue weighted by Crippen LogP contribution is -2.35. The van der Waals surface area contributed by atoms with Crippen LogP contribution in [0.25, 0.3) is 0 Å². The molecule has 0 amide bonds. The van der Waals surface area contributed by atoms with Gasteiger partial charge in [0.15, 0.2) is 0 Å². The lowest BCUT2D eigenvalue weighted by atomic mass is 10.1. The third-order valence-corrected chi connectivity index (χ3v) is 4.00. The monoisotopic (exact) mass is 275 g/mol. The zero-order chi connectivity index (χ0) is 14.6. The minimum atomic E-state index is 0.140. The van der Waals surface area contributed by atoms with Gasteiger partial charge in [0.05, 0.1) is 11.4 Å². The highest BCUT2D eigenvalue weighted by Crippen LogP contribution is 2.20. The molecule has 3 nitrogen and oxygen atoms in total. The van der Waals surface area contributed by atoms with Crippen LogP contribution in [0, 0.1) is 5.92 Å². The van der Waals surface area contributed by atoms with Crippen LogP contribution in [-0.4, -0.2) is 28.5 Å². The van der Waals surface area contributed by atoms with Crippen LogP contribution in [0.1, 0.15) is 51.9 Å². The van der Waals surface area contributed by atoms with Gasteiger partial charge in [0.25, 0.3) is 0 Å². The van der Waals surface area contributed by atoms with Crippen LogP contribution < -0.4 is 5.32 Å². The Labute approximate surface area is 123 Å². The van der Waals surface area contributed by atoms with E-state index in [0.717, 1.165) is 24.7 Å². The van der Waals surface area contributed by atoms with Crippen molar-refractivity contribution in [2.45, 2.75) is 59.2 Å². The van der Waals surface area contributed by atoms with Gasteiger partial charge in [0.2, 0.25) is 0 Å². The first-order chi connectivity index (χ1) is 9.46. The molecule has 1 aliphatic heterocycles. The molecule has 0 radical (unpaired) electrons. The highest BCUT2D eigenvalue weighted by Gasteiger charge is 2.21. The first kappa shape index (κ1) is 15.5. The fourth-order valence-corrected chi connectivity index (χ4v) is 2.69. The molecule has 1 fully saturated rings. The average molecular weight is 275 g/mol. The zero-order valence-corrected chi connectivity index (χ0v) is 13.4. The number of nitrogens with zero attached hydrogens (tertiary/aromatic N) is 2. The van der Waals surface area contributed by atoms with Crippen molar-refractivity contribution in [2.75, 3.05) is 13.1 Å². The normalized spacial score (nSPS) is 20.5. The van der Waals surface area contributed by atoms with Crippen molar-refractivity contribution in [1.29, 1.82) is 0 Å². The van der Waals surface area contributed by atoms with Crippen molar-refractivity contribution < 1.29 is 0 Å². The third-order valence-electron chi connectivity index (χ3n) is 4.00. The van der Waals surface area contributed by atoms with Crippen molar-refractivity contribution in [3.05, 3.63) is 29.6 Å². The van der Waals surface area contributed by atoms with Gasteiger partial charge in [-0.2, -0.15) is 0 Å². The van der Waals surface area contributed by atoms with Crippen LogP contribution in [0.4, 0.5) is 0 Å². The maximum atomic E-state index is 4.79. The summed E-state index contributed by atoms with van der Waals surface area (Å²) in [5.41, 5.74) is 2.49. The smallest absolute Gasteiger partial charge is 0.0547 e.